The number of carbonyl (C=O) groups excluding carboxylic acids is 2. The van der Waals surface area contributed by atoms with E-state index in [1.165, 1.54) is 16.2 Å². The van der Waals surface area contributed by atoms with E-state index >= 15 is 0 Å². The molecule has 1 atom stereocenters. The molecule has 1 spiro atoms. The maximum atomic E-state index is 14.9. The average Bonchev–Trinajstić information content (AvgIpc) is 3.60. The van der Waals surface area contributed by atoms with Gasteiger partial charge >= 0.3 is 0 Å². The Morgan fingerprint density at radius 1 is 0.950 bits per heavy atom. The second kappa shape index (κ2) is 8.84. The molecule has 0 fully saturated rings. The number of fused-ring (bicyclic) bond motifs is 5. The average molecular weight is 569 g/mol. The quantitative estimate of drug-likeness (QED) is 0.269. The van der Waals surface area contributed by atoms with Gasteiger partial charge in [0.15, 0.2) is 11.0 Å². The first-order valence-corrected chi connectivity index (χ1v) is 13.9. The number of halogens is 1. The Bertz CT molecular complexity index is 1920. The number of rotatable bonds is 4. The molecule has 0 N–H and O–H groups in total. The summed E-state index contributed by atoms with van der Waals surface area (Å²) < 4.78 is 6.10. The van der Waals surface area contributed by atoms with Gasteiger partial charge in [0.2, 0.25) is 10.9 Å². The van der Waals surface area contributed by atoms with Gasteiger partial charge in [-0.2, -0.15) is 0 Å². The van der Waals surface area contributed by atoms with Crippen molar-refractivity contribution in [2.45, 2.75) is 31.8 Å². The molecular formula is C30H21ClN4O4S. The Kier molecular flexibility index (Phi) is 5.45. The van der Waals surface area contributed by atoms with Crippen molar-refractivity contribution >= 4 is 56.5 Å². The highest BCUT2D eigenvalue weighted by atomic mass is 35.5. The summed E-state index contributed by atoms with van der Waals surface area (Å²) in [6.45, 7) is 4.16. The molecule has 2 amide bonds. The summed E-state index contributed by atoms with van der Waals surface area (Å²) in [4.78, 5) is 46.2. The predicted molar refractivity (Wildman–Crippen MR) is 153 cm³/mol. The number of anilines is 2. The van der Waals surface area contributed by atoms with Crippen LogP contribution >= 0.6 is 22.9 Å². The summed E-state index contributed by atoms with van der Waals surface area (Å²) in [6, 6.07) is 21.2. The maximum Gasteiger partial charge on any atom is 0.297 e. The highest BCUT2D eigenvalue weighted by Gasteiger charge is 2.66. The van der Waals surface area contributed by atoms with Crippen LogP contribution < -0.4 is 15.2 Å². The summed E-state index contributed by atoms with van der Waals surface area (Å²) in [7, 11) is 0. The third-order valence-electron chi connectivity index (χ3n) is 7.40. The third-order valence-corrected chi connectivity index (χ3v) is 8.86. The van der Waals surface area contributed by atoms with E-state index in [9.17, 15) is 14.4 Å². The Hall–Kier alpha value is -4.34. The van der Waals surface area contributed by atoms with Crippen LogP contribution in [0.15, 0.2) is 82.0 Å². The largest absolute Gasteiger partial charge is 0.450 e. The lowest BCUT2D eigenvalue weighted by Gasteiger charge is -2.32. The SMILES string of the molecule is CC(C)c1nnc(N2C(=O)c3oc4ccccc4c(=O)c3C23C(=O)N(Cc2ccc(Cl)cc2)c2ccccc23)s1. The molecule has 10 heteroatoms. The van der Waals surface area contributed by atoms with Gasteiger partial charge in [-0.15, -0.1) is 10.2 Å². The van der Waals surface area contributed by atoms with Crippen molar-refractivity contribution in [1.82, 2.24) is 10.2 Å². The van der Waals surface area contributed by atoms with Gasteiger partial charge in [0, 0.05) is 16.5 Å². The molecular weight excluding hydrogens is 548 g/mol. The first-order chi connectivity index (χ1) is 19.3. The van der Waals surface area contributed by atoms with Crippen LogP contribution in [0.4, 0.5) is 10.8 Å². The lowest BCUT2D eigenvalue weighted by atomic mass is 9.84. The minimum Gasteiger partial charge on any atom is -0.450 e. The van der Waals surface area contributed by atoms with E-state index in [1.54, 1.807) is 53.4 Å². The maximum absolute atomic E-state index is 14.9. The minimum atomic E-state index is -1.81. The van der Waals surface area contributed by atoms with Crippen molar-refractivity contribution in [2.24, 2.45) is 0 Å². The number of amides is 2. The van der Waals surface area contributed by atoms with E-state index in [-0.39, 0.29) is 39.9 Å². The molecule has 3 aromatic carbocycles. The summed E-state index contributed by atoms with van der Waals surface area (Å²) >= 11 is 7.32. The summed E-state index contributed by atoms with van der Waals surface area (Å²) in [6.07, 6.45) is 0. The number of carbonyl (C=O) groups is 2. The predicted octanol–water partition coefficient (Wildman–Crippen LogP) is 5.87. The first-order valence-electron chi connectivity index (χ1n) is 12.7. The fraction of sp³-hybridized carbons (Fsp3) is 0.167. The van der Waals surface area contributed by atoms with E-state index in [1.807, 2.05) is 38.1 Å². The number of aromatic nitrogens is 2. The summed E-state index contributed by atoms with van der Waals surface area (Å²) in [5.74, 6) is -1.17. The lowest BCUT2D eigenvalue weighted by molar-refractivity contribution is -0.121. The molecule has 2 aliphatic heterocycles. The second-order valence-electron chi connectivity index (χ2n) is 10.1. The second-order valence-corrected chi connectivity index (χ2v) is 11.5. The van der Waals surface area contributed by atoms with Crippen LogP contribution in [0.5, 0.6) is 0 Å². The number of benzene rings is 3. The van der Waals surface area contributed by atoms with E-state index < -0.39 is 22.8 Å². The molecule has 5 aromatic rings. The molecule has 0 radical (unpaired) electrons. The molecule has 2 aromatic heterocycles. The Morgan fingerprint density at radius 3 is 2.42 bits per heavy atom. The van der Waals surface area contributed by atoms with Gasteiger partial charge in [-0.3, -0.25) is 19.3 Å². The smallest absolute Gasteiger partial charge is 0.297 e. The Morgan fingerprint density at radius 2 is 1.68 bits per heavy atom. The molecule has 0 saturated heterocycles. The summed E-state index contributed by atoms with van der Waals surface area (Å²) in [5, 5.41) is 10.4. The van der Waals surface area contributed by atoms with Crippen molar-refractivity contribution < 1.29 is 14.0 Å². The highest BCUT2D eigenvalue weighted by molar-refractivity contribution is 7.15. The Labute approximate surface area is 237 Å². The van der Waals surface area contributed by atoms with Gasteiger partial charge in [0.05, 0.1) is 23.2 Å². The van der Waals surface area contributed by atoms with Crippen LogP contribution in [0.2, 0.25) is 5.02 Å². The Balaban J connectivity index is 1.54. The summed E-state index contributed by atoms with van der Waals surface area (Å²) in [5.41, 5.74) is -0.0447. The molecule has 2 aliphatic rings. The molecule has 198 valence electrons. The molecule has 0 saturated carbocycles. The van der Waals surface area contributed by atoms with E-state index in [2.05, 4.69) is 10.2 Å². The van der Waals surface area contributed by atoms with Gasteiger partial charge in [-0.25, -0.2) is 0 Å². The van der Waals surface area contributed by atoms with E-state index in [0.29, 0.717) is 21.3 Å². The molecule has 0 bridgehead atoms. The lowest BCUT2D eigenvalue weighted by Crippen LogP contribution is -2.53. The van der Waals surface area contributed by atoms with Crippen molar-refractivity contribution in [2.75, 3.05) is 9.80 Å². The fourth-order valence-corrected chi connectivity index (χ4v) is 6.61. The minimum absolute atomic E-state index is 0.00597. The van der Waals surface area contributed by atoms with Crippen LogP contribution in [0, 0.1) is 0 Å². The number of nitrogens with zero attached hydrogens (tertiary/aromatic N) is 4. The van der Waals surface area contributed by atoms with Crippen molar-refractivity contribution in [1.29, 1.82) is 0 Å². The van der Waals surface area contributed by atoms with Crippen LogP contribution in [0.25, 0.3) is 11.0 Å². The van der Waals surface area contributed by atoms with Gasteiger partial charge in [-0.05, 0) is 35.9 Å². The number of hydrogen-bond donors (Lipinski definition) is 0. The molecule has 4 heterocycles. The zero-order chi connectivity index (χ0) is 27.8. The van der Waals surface area contributed by atoms with Crippen molar-refractivity contribution in [3.63, 3.8) is 0 Å². The monoisotopic (exact) mass is 568 g/mol. The van der Waals surface area contributed by atoms with Crippen molar-refractivity contribution in [3.05, 3.63) is 116 Å². The van der Waals surface area contributed by atoms with Crippen LogP contribution in [0.1, 0.15) is 52.0 Å². The van der Waals surface area contributed by atoms with Crippen LogP contribution in [-0.4, -0.2) is 22.0 Å². The van der Waals surface area contributed by atoms with Crippen molar-refractivity contribution in [3.8, 4) is 0 Å². The molecule has 1 unspecified atom stereocenters. The molecule has 7 rings (SSSR count). The van der Waals surface area contributed by atoms with E-state index in [4.69, 9.17) is 16.0 Å². The number of para-hydroxylation sites is 2. The van der Waals surface area contributed by atoms with E-state index in [0.717, 1.165) is 5.56 Å². The van der Waals surface area contributed by atoms with Gasteiger partial charge < -0.3 is 9.32 Å². The highest BCUT2D eigenvalue weighted by Crippen LogP contribution is 2.54. The zero-order valence-electron chi connectivity index (χ0n) is 21.4. The molecule has 0 aliphatic carbocycles. The van der Waals surface area contributed by atoms with Gasteiger partial charge in [0.1, 0.15) is 10.6 Å². The topological polar surface area (TPSA) is 96.6 Å². The number of hydrogen-bond acceptors (Lipinski definition) is 7. The van der Waals surface area contributed by atoms with Crippen LogP contribution in [-0.2, 0) is 16.9 Å². The zero-order valence-corrected chi connectivity index (χ0v) is 23.0. The van der Waals surface area contributed by atoms with Gasteiger partial charge in [-0.1, -0.05) is 79.2 Å². The molecule has 8 nitrogen and oxygen atoms in total. The fourth-order valence-electron chi connectivity index (χ4n) is 5.59. The normalized spacial score (nSPS) is 17.9. The van der Waals surface area contributed by atoms with Gasteiger partial charge in [0.25, 0.3) is 11.8 Å². The molecule has 40 heavy (non-hydrogen) atoms. The first kappa shape index (κ1) is 24.7. The third kappa shape index (κ3) is 3.28. The van der Waals surface area contributed by atoms with Crippen LogP contribution in [0.3, 0.4) is 0 Å². The standard InChI is InChI=1S/C30H21ClN4O4S/c1-16(2)26-32-33-29(40-26)35-27(37)25-23(24(36)19-7-3-6-10-22(19)39-25)30(35)20-8-4-5-9-21(20)34(28(30)38)15-17-11-13-18(31)14-12-17/h3-14,16H,15H2,1-2H3.